The maximum Gasteiger partial charge on any atom is 0.326 e. The second-order valence-electron chi connectivity index (χ2n) is 4.28. The van der Waals surface area contributed by atoms with Crippen molar-refractivity contribution in [3.8, 4) is 0 Å². The third-order valence-corrected chi connectivity index (χ3v) is 2.85. The molecule has 0 saturated heterocycles. The van der Waals surface area contributed by atoms with Gasteiger partial charge in [-0.3, -0.25) is 4.79 Å². The van der Waals surface area contributed by atoms with E-state index in [1.54, 1.807) is 0 Å². The maximum atomic E-state index is 10.8. The van der Waals surface area contributed by atoms with Crippen LogP contribution in [0.25, 0.3) is 0 Å². The summed E-state index contributed by atoms with van der Waals surface area (Å²) in [7, 11) is 0. The summed E-state index contributed by atoms with van der Waals surface area (Å²) < 4.78 is 0. The van der Waals surface area contributed by atoms with Crippen LogP contribution < -0.4 is 5.32 Å². The number of unbranched alkanes of at least 4 members (excludes halogenated alkanes) is 4. The van der Waals surface area contributed by atoms with Crippen molar-refractivity contribution < 1.29 is 14.7 Å². The summed E-state index contributed by atoms with van der Waals surface area (Å²) >= 11 is 0. The Hall–Kier alpha value is -1.06. The summed E-state index contributed by atoms with van der Waals surface area (Å²) in [4.78, 5) is 21.1. The smallest absolute Gasteiger partial charge is 0.326 e. The predicted molar refractivity (Wildman–Crippen MR) is 63.2 cm³/mol. The van der Waals surface area contributed by atoms with Gasteiger partial charge in [0.2, 0.25) is 6.41 Å². The number of carboxylic acids is 1. The van der Waals surface area contributed by atoms with Crippen molar-refractivity contribution >= 4 is 12.4 Å². The fourth-order valence-corrected chi connectivity index (χ4v) is 1.79. The van der Waals surface area contributed by atoms with E-state index in [-0.39, 0.29) is 5.92 Å². The van der Waals surface area contributed by atoms with Crippen molar-refractivity contribution in [2.45, 2.75) is 58.4 Å². The molecule has 4 heteroatoms. The van der Waals surface area contributed by atoms with Crippen LogP contribution in [0.5, 0.6) is 0 Å². The first kappa shape index (κ1) is 14.9. The van der Waals surface area contributed by atoms with Gasteiger partial charge >= 0.3 is 5.97 Å². The van der Waals surface area contributed by atoms with Crippen LogP contribution in [0.1, 0.15) is 52.4 Å². The highest BCUT2D eigenvalue weighted by atomic mass is 16.4. The standard InChI is InChI=1S/C12H23NO3/c1-3-4-5-6-7-8-10(2)11(12(15)16)13-9-14/h9-11H,3-8H2,1-2H3,(H,13,14)(H,15,16). The molecule has 0 fully saturated rings. The highest BCUT2D eigenvalue weighted by Gasteiger charge is 2.23. The molecule has 0 aliphatic carbocycles. The number of aliphatic carboxylic acids is 1. The van der Waals surface area contributed by atoms with E-state index in [2.05, 4.69) is 12.2 Å². The van der Waals surface area contributed by atoms with Crippen molar-refractivity contribution in [1.29, 1.82) is 0 Å². The van der Waals surface area contributed by atoms with Crippen LogP contribution in [0, 0.1) is 5.92 Å². The molecule has 16 heavy (non-hydrogen) atoms. The number of amides is 1. The van der Waals surface area contributed by atoms with Crippen molar-refractivity contribution in [1.82, 2.24) is 5.32 Å². The van der Waals surface area contributed by atoms with Gasteiger partial charge in [-0.1, -0.05) is 46.0 Å². The quantitative estimate of drug-likeness (QED) is 0.445. The molecule has 0 heterocycles. The molecule has 94 valence electrons. The normalized spacial score (nSPS) is 14.1. The topological polar surface area (TPSA) is 66.4 Å². The van der Waals surface area contributed by atoms with Crippen molar-refractivity contribution in [2.75, 3.05) is 0 Å². The summed E-state index contributed by atoms with van der Waals surface area (Å²) in [5.41, 5.74) is 0. The van der Waals surface area contributed by atoms with Gasteiger partial charge < -0.3 is 10.4 Å². The molecule has 0 aliphatic rings. The van der Waals surface area contributed by atoms with Crippen LogP contribution in [-0.2, 0) is 9.59 Å². The van der Waals surface area contributed by atoms with Gasteiger partial charge in [-0.2, -0.15) is 0 Å². The first-order valence-electron chi connectivity index (χ1n) is 6.06. The number of carbonyl (C=O) groups excluding carboxylic acids is 1. The number of carboxylic acid groups (broad SMARTS) is 1. The molecular formula is C12H23NO3. The lowest BCUT2D eigenvalue weighted by molar-refractivity contribution is -0.142. The number of rotatable bonds is 10. The predicted octanol–water partition coefficient (Wildman–Crippen LogP) is 2.18. The molecule has 0 radical (unpaired) electrons. The average molecular weight is 229 g/mol. The Morgan fingerprint density at radius 1 is 1.31 bits per heavy atom. The summed E-state index contributed by atoms with van der Waals surface area (Å²) in [5.74, 6) is -0.961. The molecule has 0 aliphatic heterocycles. The minimum absolute atomic E-state index is 0.00988. The van der Waals surface area contributed by atoms with Gasteiger partial charge in [-0.15, -0.1) is 0 Å². The Kier molecular flexibility index (Phi) is 8.58. The van der Waals surface area contributed by atoms with E-state index in [1.807, 2.05) is 6.92 Å². The molecule has 0 spiro atoms. The van der Waals surface area contributed by atoms with E-state index >= 15 is 0 Å². The fraction of sp³-hybridized carbons (Fsp3) is 0.833. The molecular weight excluding hydrogens is 206 g/mol. The molecule has 0 aromatic heterocycles. The van der Waals surface area contributed by atoms with Crippen LogP contribution in [0.15, 0.2) is 0 Å². The molecule has 0 aromatic rings. The van der Waals surface area contributed by atoms with Crippen LogP contribution in [0.3, 0.4) is 0 Å². The van der Waals surface area contributed by atoms with Gasteiger partial charge in [0.15, 0.2) is 0 Å². The fourth-order valence-electron chi connectivity index (χ4n) is 1.79. The van der Waals surface area contributed by atoms with Crippen LogP contribution in [0.4, 0.5) is 0 Å². The lowest BCUT2D eigenvalue weighted by Crippen LogP contribution is -2.41. The van der Waals surface area contributed by atoms with E-state index in [4.69, 9.17) is 5.11 Å². The zero-order valence-electron chi connectivity index (χ0n) is 10.2. The average Bonchev–Trinajstić information content (AvgIpc) is 2.24. The second kappa shape index (κ2) is 9.19. The zero-order valence-corrected chi connectivity index (χ0v) is 10.2. The Bertz CT molecular complexity index is 206. The van der Waals surface area contributed by atoms with Crippen LogP contribution >= 0.6 is 0 Å². The summed E-state index contributed by atoms with van der Waals surface area (Å²) in [6, 6.07) is -0.747. The largest absolute Gasteiger partial charge is 0.480 e. The second-order valence-corrected chi connectivity index (χ2v) is 4.28. The van der Waals surface area contributed by atoms with E-state index in [0.717, 1.165) is 19.3 Å². The van der Waals surface area contributed by atoms with Gasteiger partial charge in [0.1, 0.15) is 6.04 Å². The lowest BCUT2D eigenvalue weighted by Gasteiger charge is -2.19. The minimum atomic E-state index is -0.951. The monoisotopic (exact) mass is 229 g/mol. The van der Waals surface area contributed by atoms with Crippen LogP contribution in [0.2, 0.25) is 0 Å². The molecule has 0 saturated carbocycles. The van der Waals surface area contributed by atoms with E-state index in [0.29, 0.717) is 6.41 Å². The summed E-state index contributed by atoms with van der Waals surface area (Å²) in [5, 5.41) is 11.2. The Morgan fingerprint density at radius 2 is 1.94 bits per heavy atom. The van der Waals surface area contributed by atoms with E-state index < -0.39 is 12.0 Å². The SMILES string of the molecule is CCCCCCCC(C)C(NC=O)C(=O)O. The molecule has 4 nitrogen and oxygen atoms in total. The molecule has 1 amide bonds. The Balaban J connectivity index is 3.78. The van der Waals surface area contributed by atoms with Gasteiger partial charge in [-0.25, -0.2) is 4.79 Å². The minimum Gasteiger partial charge on any atom is -0.480 e. The third-order valence-electron chi connectivity index (χ3n) is 2.85. The van der Waals surface area contributed by atoms with Gasteiger partial charge in [0, 0.05) is 0 Å². The van der Waals surface area contributed by atoms with E-state index in [1.165, 1.54) is 19.3 Å². The molecule has 2 atom stereocenters. The van der Waals surface area contributed by atoms with Crippen molar-refractivity contribution in [3.05, 3.63) is 0 Å². The van der Waals surface area contributed by atoms with Crippen molar-refractivity contribution in [3.63, 3.8) is 0 Å². The van der Waals surface area contributed by atoms with Gasteiger partial charge in [-0.05, 0) is 12.3 Å². The van der Waals surface area contributed by atoms with Crippen molar-refractivity contribution in [2.24, 2.45) is 5.92 Å². The van der Waals surface area contributed by atoms with E-state index in [9.17, 15) is 9.59 Å². The molecule has 2 N–H and O–H groups in total. The summed E-state index contributed by atoms with van der Waals surface area (Å²) in [6.07, 6.45) is 7.15. The zero-order chi connectivity index (χ0) is 12.4. The lowest BCUT2D eigenvalue weighted by atomic mass is 9.95. The van der Waals surface area contributed by atoms with Gasteiger partial charge in [0.05, 0.1) is 0 Å². The first-order valence-corrected chi connectivity index (χ1v) is 6.06. The van der Waals surface area contributed by atoms with Crippen LogP contribution in [-0.4, -0.2) is 23.5 Å². The number of hydrogen-bond acceptors (Lipinski definition) is 2. The molecule has 2 unspecified atom stereocenters. The first-order chi connectivity index (χ1) is 7.63. The highest BCUT2D eigenvalue weighted by molar-refractivity contribution is 5.76. The Labute approximate surface area is 97.4 Å². The highest BCUT2D eigenvalue weighted by Crippen LogP contribution is 2.14. The number of nitrogens with one attached hydrogen (secondary N) is 1. The number of carbonyl (C=O) groups is 2. The third kappa shape index (κ3) is 6.43. The summed E-state index contributed by atoms with van der Waals surface area (Å²) in [6.45, 7) is 4.03. The molecule has 0 aromatic carbocycles. The van der Waals surface area contributed by atoms with Gasteiger partial charge in [0.25, 0.3) is 0 Å². The number of hydrogen-bond donors (Lipinski definition) is 2. The molecule has 0 rings (SSSR count). The molecule has 0 bridgehead atoms. The Morgan fingerprint density at radius 3 is 2.44 bits per heavy atom. The maximum absolute atomic E-state index is 10.8.